The highest BCUT2D eigenvalue weighted by Crippen LogP contribution is 2.61. The first-order valence-corrected chi connectivity index (χ1v) is 18.6. The lowest BCUT2D eigenvalue weighted by Crippen LogP contribution is -2.39. The molecule has 1 spiro atoms. The fourth-order valence-corrected chi connectivity index (χ4v) is 9.94. The fraction of sp³-hybridized carbons (Fsp3) is 0.0600. The van der Waals surface area contributed by atoms with Crippen LogP contribution in [0.15, 0.2) is 193 Å². The minimum Gasteiger partial charge on any atom is -0.317 e. The van der Waals surface area contributed by atoms with Gasteiger partial charge in [-0.3, -0.25) is 4.99 Å². The third-order valence-corrected chi connectivity index (χ3v) is 12.1. The molecule has 0 saturated heterocycles. The summed E-state index contributed by atoms with van der Waals surface area (Å²) in [5, 5.41) is 2.59. The molecule has 1 aromatic heterocycles. The molecule has 7 aromatic carbocycles. The highest BCUT2D eigenvalue weighted by atomic mass is 15.3. The maximum Gasteiger partial charge on any atom is 0.136 e. The van der Waals surface area contributed by atoms with Gasteiger partial charge in [0, 0.05) is 22.0 Å². The molecule has 3 heterocycles. The number of benzene rings is 7. The zero-order valence-corrected chi connectivity index (χ0v) is 28.9. The number of hydrogen-bond acceptors (Lipinski definition) is 2. The molecule has 2 aliphatic carbocycles. The second-order valence-electron chi connectivity index (χ2n) is 14.6. The molecule has 3 heteroatoms. The molecular weight excluding hydrogens is 643 g/mol. The Balaban J connectivity index is 1.05. The SMILES string of the molecule is C1=CC2N=C(c3ccc(-c4ccc5c(c4)C4(c6ccccc6-5)c5ccccc5-n5c6ccccc6c6cccc4c65)cc3)N(c3ccccc3)C2C=C1. The molecule has 2 aliphatic heterocycles. The Hall–Kier alpha value is -6.71. The van der Waals surface area contributed by atoms with Crippen molar-refractivity contribution < 1.29 is 0 Å². The second-order valence-corrected chi connectivity index (χ2v) is 14.6. The van der Waals surface area contributed by atoms with Gasteiger partial charge >= 0.3 is 0 Å². The average molecular weight is 676 g/mol. The van der Waals surface area contributed by atoms with E-state index in [-0.39, 0.29) is 12.1 Å². The second kappa shape index (κ2) is 10.7. The summed E-state index contributed by atoms with van der Waals surface area (Å²) in [6.45, 7) is 0. The van der Waals surface area contributed by atoms with Crippen molar-refractivity contribution in [1.29, 1.82) is 0 Å². The summed E-state index contributed by atoms with van der Waals surface area (Å²) in [6, 6.07) is 61.1. The van der Waals surface area contributed by atoms with Crippen molar-refractivity contribution in [3.05, 3.63) is 216 Å². The first-order chi connectivity index (χ1) is 26.3. The van der Waals surface area contributed by atoms with Crippen molar-refractivity contribution in [2.45, 2.75) is 17.5 Å². The molecule has 248 valence electrons. The first-order valence-electron chi connectivity index (χ1n) is 18.6. The predicted molar refractivity (Wildman–Crippen MR) is 218 cm³/mol. The molecule has 3 unspecified atom stereocenters. The number of para-hydroxylation sites is 4. The van der Waals surface area contributed by atoms with Gasteiger partial charge in [-0.2, -0.15) is 0 Å². The van der Waals surface area contributed by atoms with Crippen LogP contribution >= 0.6 is 0 Å². The van der Waals surface area contributed by atoms with Gasteiger partial charge in [0.05, 0.1) is 34.2 Å². The number of anilines is 1. The molecule has 0 N–H and O–H groups in total. The largest absolute Gasteiger partial charge is 0.317 e. The maximum atomic E-state index is 5.24. The maximum absolute atomic E-state index is 5.24. The van der Waals surface area contributed by atoms with Gasteiger partial charge in [-0.25, -0.2) is 0 Å². The number of amidine groups is 1. The Bertz CT molecular complexity index is 2910. The van der Waals surface area contributed by atoms with Gasteiger partial charge in [0.1, 0.15) is 5.84 Å². The summed E-state index contributed by atoms with van der Waals surface area (Å²) in [6.07, 6.45) is 8.74. The van der Waals surface area contributed by atoms with Gasteiger partial charge in [0.15, 0.2) is 0 Å². The van der Waals surface area contributed by atoms with E-state index in [9.17, 15) is 0 Å². The Labute approximate surface area is 308 Å². The van der Waals surface area contributed by atoms with Crippen molar-refractivity contribution in [3.8, 4) is 27.9 Å². The van der Waals surface area contributed by atoms with Gasteiger partial charge in [0.25, 0.3) is 0 Å². The molecular formula is C50H33N3. The molecule has 3 nitrogen and oxygen atoms in total. The van der Waals surface area contributed by atoms with Crippen LogP contribution in [0, 0.1) is 0 Å². The lowest BCUT2D eigenvalue weighted by Gasteiger charge is -2.39. The zero-order valence-electron chi connectivity index (χ0n) is 28.9. The van der Waals surface area contributed by atoms with Crippen molar-refractivity contribution in [2.24, 2.45) is 4.99 Å². The summed E-state index contributed by atoms with van der Waals surface area (Å²) < 4.78 is 2.51. The van der Waals surface area contributed by atoms with E-state index in [1.807, 2.05) is 0 Å². The van der Waals surface area contributed by atoms with Gasteiger partial charge in [-0.05, 0) is 74.8 Å². The molecule has 0 saturated carbocycles. The Morgan fingerprint density at radius 1 is 0.491 bits per heavy atom. The lowest BCUT2D eigenvalue weighted by molar-refractivity contribution is 0.739. The number of fused-ring (bicyclic) bond motifs is 13. The van der Waals surface area contributed by atoms with Gasteiger partial charge in [0.2, 0.25) is 0 Å². The van der Waals surface area contributed by atoms with E-state index in [1.54, 1.807) is 0 Å². The minimum atomic E-state index is -0.464. The number of hydrogen-bond donors (Lipinski definition) is 0. The van der Waals surface area contributed by atoms with Gasteiger partial charge < -0.3 is 9.47 Å². The fourth-order valence-electron chi connectivity index (χ4n) is 9.94. The highest BCUT2D eigenvalue weighted by molar-refractivity contribution is 6.14. The summed E-state index contributed by atoms with van der Waals surface area (Å²) in [5.41, 5.74) is 16.0. The van der Waals surface area contributed by atoms with Crippen molar-refractivity contribution in [2.75, 3.05) is 4.90 Å². The van der Waals surface area contributed by atoms with Gasteiger partial charge in [-0.1, -0.05) is 158 Å². The summed E-state index contributed by atoms with van der Waals surface area (Å²) in [4.78, 5) is 7.63. The Morgan fingerprint density at radius 2 is 1.17 bits per heavy atom. The molecule has 3 atom stereocenters. The third-order valence-electron chi connectivity index (χ3n) is 12.1. The van der Waals surface area contributed by atoms with Crippen LogP contribution in [0.3, 0.4) is 0 Å². The Morgan fingerprint density at radius 3 is 2.08 bits per heavy atom. The van der Waals surface area contributed by atoms with Crippen LogP contribution in [0.4, 0.5) is 5.69 Å². The summed E-state index contributed by atoms with van der Waals surface area (Å²) in [7, 11) is 0. The standard InChI is InChI=1S/C50H33N3/c1-2-13-35(14-3-1)52-47-24-11-8-21-44(47)51-49(52)33-27-25-32(26-28-33)34-29-30-37-36-15-4-6-18-40(36)50(43(37)31-34)41-19-7-10-23-46(41)53-45-22-9-5-16-38(45)39-17-12-20-42(50)48(39)53/h1-31,44,47H. The van der Waals surface area contributed by atoms with Crippen LogP contribution < -0.4 is 4.90 Å². The van der Waals surface area contributed by atoms with E-state index >= 15 is 0 Å². The van der Waals surface area contributed by atoms with Crippen molar-refractivity contribution in [3.63, 3.8) is 0 Å². The third kappa shape index (κ3) is 3.76. The van der Waals surface area contributed by atoms with Gasteiger partial charge in [-0.15, -0.1) is 0 Å². The van der Waals surface area contributed by atoms with E-state index < -0.39 is 5.41 Å². The van der Waals surface area contributed by atoms with Crippen LogP contribution in [-0.4, -0.2) is 22.5 Å². The van der Waals surface area contributed by atoms with Crippen LogP contribution in [0.25, 0.3) is 49.7 Å². The Kier molecular flexibility index (Phi) is 5.82. The van der Waals surface area contributed by atoms with Crippen molar-refractivity contribution in [1.82, 2.24) is 4.57 Å². The summed E-state index contributed by atoms with van der Waals surface area (Å²) >= 11 is 0. The van der Waals surface area contributed by atoms with Crippen LogP contribution in [0.1, 0.15) is 27.8 Å². The highest BCUT2D eigenvalue weighted by Gasteiger charge is 2.50. The van der Waals surface area contributed by atoms with Crippen molar-refractivity contribution >= 4 is 33.3 Å². The topological polar surface area (TPSA) is 20.5 Å². The molecule has 0 radical (unpaired) electrons. The number of aliphatic imine (C=N–C) groups is 1. The van der Waals surface area contributed by atoms with Crippen LogP contribution in [0.2, 0.25) is 0 Å². The molecule has 0 fully saturated rings. The summed E-state index contributed by atoms with van der Waals surface area (Å²) in [5.74, 6) is 1.01. The lowest BCUT2D eigenvalue weighted by atomic mass is 9.65. The van der Waals surface area contributed by atoms with E-state index in [1.165, 1.54) is 72.0 Å². The molecule has 8 aromatic rings. The number of nitrogens with zero attached hydrogens (tertiary/aromatic N) is 3. The van der Waals surface area contributed by atoms with E-state index in [2.05, 4.69) is 198 Å². The van der Waals surface area contributed by atoms with Crippen LogP contribution in [0.5, 0.6) is 0 Å². The van der Waals surface area contributed by atoms with E-state index in [0.717, 1.165) is 17.1 Å². The smallest absolute Gasteiger partial charge is 0.136 e. The van der Waals surface area contributed by atoms with Crippen LogP contribution in [-0.2, 0) is 5.41 Å². The number of rotatable bonds is 3. The molecule has 12 rings (SSSR count). The molecule has 53 heavy (non-hydrogen) atoms. The normalized spacial score (nSPS) is 20.1. The predicted octanol–water partition coefficient (Wildman–Crippen LogP) is 11.3. The zero-order chi connectivity index (χ0) is 34.7. The first kappa shape index (κ1) is 28.9. The molecule has 0 amide bonds. The minimum absolute atomic E-state index is 0.103. The molecule has 4 aliphatic rings. The number of aromatic nitrogens is 1. The van der Waals surface area contributed by atoms with E-state index in [0.29, 0.717) is 0 Å². The monoisotopic (exact) mass is 675 g/mol. The van der Waals surface area contributed by atoms with E-state index in [4.69, 9.17) is 4.99 Å². The average Bonchev–Trinajstić information content (AvgIpc) is 3.88. The quantitative estimate of drug-likeness (QED) is 0.183. The number of allylic oxidation sites excluding steroid dienone is 2. The molecule has 0 bridgehead atoms.